The topological polar surface area (TPSA) is 45.2 Å². The molecule has 0 unspecified atom stereocenters. The van der Waals surface area contributed by atoms with Gasteiger partial charge in [-0.2, -0.15) is 0 Å². The van der Waals surface area contributed by atoms with E-state index in [4.69, 9.17) is 0 Å². The second-order valence-electron chi connectivity index (χ2n) is 2.52. The first-order valence-corrected chi connectivity index (χ1v) is 4.51. The van der Waals surface area contributed by atoms with Gasteiger partial charge in [0.2, 0.25) is 5.56 Å². The van der Waals surface area contributed by atoms with Gasteiger partial charge in [0.1, 0.15) is 5.82 Å². The lowest BCUT2D eigenvalue weighted by molar-refractivity contribution is 1.20. The van der Waals surface area contributed by atoms with Gasteiger partial charge in [-0.25, -0.2) is 4.99 Å². The van der Waals surface area contributed by atoms with E-state index in [0.717, 1.165) is 11.1 Å². The number of H-pyrrole nitrogens is 1. The fourth-order valence-corrected chi connectivity index (χ4v) is 0.933. The molecule has 0 atom stereocenters. The van der Waals surface area contributed by atoms with Crippen LogP contribution in [0.2, 0.25) is 0 Å². The summed E-state index contributed by atoms with van der Waals surface area (Å²) in [6.07, 6.45) is 0. The summed E-state index contributed by atoms with van der Waals surface area (Å²) >= 11 is 0. The summed E-state index contributed by atoms with van der Waals surface area (Å²) in [6, 6.07) is 3.13. The number of allylic oxidation sites excluding steroid dienone is 1. The summed E-state index contributed by atoms with van der Waals surface area (Å²) in [6.45, 7) is 13.0. The molecule has 3 nitrogen and oxygen atoms in total. The minimum Gasteiger partial charge on any atom is -0.307 e. The SMILES string of the molecule is C=Nc1[nH]c(=O)ccc1C(=C)C.CC. The van der Waals surface area contributed by atoms with Crippen LogP contribution in [0, 0.1) is 0 Å². The van der Waals surface area contributed by atoms with E-state index in [2.05, 4.69) is 23.3 Å². The molecule has 0 bridgehead atoms. The number of aromatic nitrogens is 1. The van der Waals surface area contributed by atoms with Gasteiger partial charge in [0, 0.05) is 11.6 Å². The summed E-state index contributed by atoms with van der Waals surface area (Å²) in [7, 11) is 0. The fourth-order valence-electron chi connectivity index (χ4n) is 0.933. The minimum atomic E-state index is -0.178. The van der Waals surface area contributed by atoms with Crippen molar-refractivity contribution in [3.63, 3.8) is 0 Å². The zero-order valence-corrected chi connectivity index (χ0v) is 8.92. The Labute approximate surface area is 84.2 Å². The smallest absolute Gasteiger partial charge is 0.249 e. The van der Waals surface area contributed by atoms with Gasteiger partial charge in [0.15, 0.2) is 0 Å². The van der Waals surface area contributed by atoms with Crippen molar-refractivity contribution in [1.29, 1.82) is 0 Å². The Morgan fingerprint density at radius 3 is 2.43 bits per heavy atom. The number of rotatable bonds is 2. The monoisotopic (exact) mass is 192 g/mol. The molecule has 1 aromatic rings. The molecule has 0 amide bonds. The summed E-state index contributed by atoms with van der Waals surface area (Å²) in [5.74, 6) is 0.481. The molecule has 0 spiro atoms. The lowest BCUT2D eigenvalue weighted by Crippen LogP contribution is -2.03. The molecule has 0 saturated carbocycles. The third kappa shape index (κ3) is 3.01. The molecule has 0 aliphatic carbocycles. The summed E-state index contributed by atoms with van der Waals surface area (Å²) < 4.78 is 0. The highest BCUT2D eigenvalue weighted by molar-refractivity contribution is 5.70. The van der Waals surface area contributed by atoms with Crippen molar-refractivity contribution in [2.75, 3.05) is 0 Å². The fraction of sp³-hybridized carbons (Fsp3) is 0.273. The van der Waals surface area contributed by atoms with Gasteiger partial charge in [-0.1, -0.05) is 20.4 Å². The molecule has 0 radical (unpaired) electrons. The maximum absolute atomic E-state index is 10.9. The molecule has 1 aromatic heterocycles. The quantitative estimate of drug-likeness (QED) is 0.719. The third-order valence-electron chi connectivity index (χ3n) is 1.52. The van der Waals surface area contributed by atoms with E-state index in [1.807, 2.05) is 20.8 Å². The number of nitrogens with one attached hydrogen (secondary N) is 1. The Kier molecular flexibility index (Phi) is 5.22. The van der Waals surface area contributed by atoms with Gasteiger partial charge >= 0.3 is 0 Å². The molecule has 0 aliphatic rings. The first kappa shape index (κ1) is 12.4. The van der Waals surface area contributed by atoms with Crippen LogP contribution in [0.1, 0.15) is 26.3 Å². The van der Waals surface area contributed by atoms with Crippen molar-refractivity contribution in [3.8, 4) is 0 Å². The normalized spacial score (nSPS) is 8.50. The Morgan fingerprint density at radius 2 is 2.00 bits per heavy atom. The second kappa shape index (κ2) is 5.91. The Morgan fingerprint density at radius 1 is 1.43 bits per heavy atom. The van der Waals surface area contributed by atoms with E-state index in [9.17, 15) is 4.79 Å². The predicted octanol–water partition coefficient (Wildman–Crippen LogP) is 2.77. The first-order valence-electron chi connectivity index (χ1n) is 4.51. The van der Waals surface area contributed by atoms with Gasteiger partial charge < -0.3 is 4.98 Å². The second-order valence-corrected chi connectivity index (χ2v) is 2.52. The number of hydrogen-bond acceptors (Lipinski definition) is 2. The van der Waals surface area contributed by atoms with Crippen LogP contribution in [0.5, 0.6) is 0 Å². The molecule has 0 saturated heterocycles. The molecule has 0 fully saturated rings. The van der Waals surface area contributed by atoms with Crippen molar-refractivity contribution in [2.45, 2.75) is 20.8 Å². The van der Waals surface area contributed by atoms with Gasteiger partial charge in [0.05, 0.1) is 0 Å². The van der Waals surface area contributed by atoms with Crippen molar-refractivity contribution >= 4 is 18.1 Å². The molecule has 1 heterocycles. The van der Waals surface area contributed by atoms with Gasteiger partial charge in [0.25, 0.3) is 0 Å². The first-order chi connectivity index (χ1) is 6.65. The van der Waals surface area contributed by atoms with Crippen LogP contribution in [0.25, 0.3) is 5.57 Å². The molecular formula is C11H16N2O. The van der Waals surface area contributed by atoms with Gasteiger partial charge in [-0.3, -0.25) is 4.79 Å². The van der Waals surface area contributed by atoms with E-state index in [1.165, 1.54) is 6.07 Å². The molecule has 14 heavy (non-hydrogen) atoms. The third-order valence-corrected chi connectivity index (χ3v) is 1.52. The molecule has 76 valence electrons. The van der Waals surface area contributed by atoms with Crippen LogP contribution in [-0.2, 0) is 0 Å². The minimum absolute atomic E-state index is 0.178. The van der Waals surface area contributed by atoms with Crippen LogP contribution in [0.4, 0.5) is 5.82 Å². The maximum Gasteiger partial charge on any atom is 0.249 e. The Hall–Kier alpha value is -1.64. The van der Waals surface area contributed by atoms with Crippen LogP contribution < -0.4 is 5.56 Å². The number of pyridine rings is 1. The average molecular weight is 192 g/mol. The van der Waals surface area contributed by atoms with Crippen LogP contribution >= 0.6 is 0 Å². The van der Waals surface area contributed by atoms with E-state index >= 15 is 0 Å². The largest absolute Gasteiger partial charge is 0.307 e. The zero-order chi connectivity index (χ0) is 11.1. The number of hydrogen-bond donors (Lipinski definition) is 1. The molecule has 0 aromatic carbocycles. The van der Waals surface area contributed by atoms with E-state index in [1.54, 1.807) is 6.07 Å². The number of nitrogens with zero attached hydrogens (tertiary/aromatic N) is 1. The Bertz CT molecular complexity index is 377. The van der Waals surface area contributed by atoms with Crippen LogP contribution in [0.3, 0.4) is 0 Å². The lowest BCUT2D eigenvalue weighted by Gasteiger charge is -2.01. The highest BCUT2D eigenvalue weighted by Crippen LogP contribution is 2.19. The van der Waals surface area contributed by atoms with E-state index in [-0.39, 0.29) is 5.56 Å². The number of aliphatic imine (C=N–C) groups is 1. The predicted molar refractivity (Wildman–Crippen MR) is 62.3 cm³/mol. The van der Waals surface area contributed by atoms with Gasteiger partial charge in [-0.05, 0) is 25.3 Å². The van der Waals surface area contributed by atoms with Crippen molar-refractivity contribution in [3.05, 3.63) is 34.6 Å². The molecule has 1 rings (SSSR count). The summed E-state index contributed by atoms with van der Waals surface area (Å²) in [5.41, 5.74) is 1.50. The Balaban J connectivity index is 0.000000791. The van der Waals surface area contributed by atoms with Gasteiger partial charge in [-0.15, -0.1) is 0 Å². The molecule has 0 aliphatic heterocycles. The molecular weight excluding hydrogens is 176 g/mol. The van der Waals surface area contributed by atoms with Crippen LogP contribution in [-0.4, -0.2) is 11.7 Å². The summed E-state index contributed by atoms with van der Waals surface area (Å²) in [5, 5.41) is 0. The van der Waals surface area contributed by atoms with E-state index < -0.39 is 0 Å². The van der Waals surface area contributed by atoms with Crippen molar-refractivity contribution in [2.24, 2.45) is 4.99 Å². The van der Waals surface area contributed by atoms with Crippen molar-refractivity contribution in [1.82, 2.24) is 4.98 Å². The highest BCUT2D eigenvalue weighted by atomic mass is 16.1. The highest BCUT2D eigenvalue weighted by Gasteiger charge is 2.00. The number of aromatic amines is 1. The lowest BCUT2D eigenvalue weighted by atomic mass is 10.1. The van der Waals surface area contributed by atoms with Crippen LogP contribution in [0.15, 0.2) is 28.5 Å². The zero-order valence-electron chi connectivity index (χ0n) is 8.92. The standard InChI is InChI=1S/C9H10N2O.C2H6/c1-6(2)7-4-5-8(12)11-9(7)10-3;1-2/h4-5H,1,3H2,2H3,(H,11,12);1-2H3. The summed E-state index contributed by atoms with van der Waals surface area (Å²) in [4.78, 5) is 17.1. The molecule has 1 N–H and O–H groups in total. The molecule has 3 heteroatoms. The van der Waals surface area contributed by atoms with Crippen molar-refractivity contribution < 1.29 is 0 Å². The average Bonchev–Trinajstić information content (AvgIpc) is 2.20. The van der Waals surface area contributed by atoms with E-state index in [0.29, 0.717) is 5.82 Å². The maximum atomic E-state index is 10.9.